The first-order valence-electron chi connectivity index (χ1n) is 5.94. The van der Waals surface area contributed by atoms with Crippen molar-refractivity contribution in [1.82, 2.24) is 19.9 Å². The molecule has 1 N–H and O–H groups in total. The van der Waals surface area contributed by atoms with Gasteiger partial charge >= 0.3 is 0 Å². The van der Waals surface area contributed by atoms with Gasteiger partial charge in [0.05, 0.1) is 6.54 Å². The molecule has 90 valence electrons. The van der Waals surface area contributed by atoms with Crippen LogP contribution >= 0.6 is 0 Å². The predicted octanol–water partition coefficient (Wildman–Crippen LogP) is 2.15. The van der Waals surface area contributed by atoms with E-state index in [9.17, 15) is 0 Å². The second-order valence-electron chi connectivity index (χ2n) is 4.01. The van der Waals surface area contributed by atoms with E-state index in [2.05, 4.69) is 33.7 Å². The molecule has 0 fully saturated rings. The molecule has 2 aromatic heterocycles. The number of hydrogen-bond acceptors (Lipinski definition) is 3. The quantitative estimate of drug-likeness (QED) is 0.855. The van der Waals surface area contributed by atoms with Crippen LogP contribution in [0.4, 0.5) is 0 Å². The molecule has 2 aromatic rings. The third-order valence-corrected chi connectivity index (χ3v) is 2.91. The van der Waals surface area contributed by atoms with Gasteiger partial charge in [0.15, 0.2) is 0 Å². The SMILES string of the molecule is CCn1ccnc1CN[C@H](C)c1ccncc1. The van der Waals surface area contributed by atoms with E-state index in [4.69, 9.17) is 0 Å². The molecule has 0 aliphatic heterocycles. The topological polar surface area (TPSA) is 42.7 Å². The lowest BCUT2D eigenvalue weighted by molar-refractivity contribution is 0.540. The second kappa shape index (κ2) is 5.59. The van der Waals surface area contributed by atoms with E-state index in [-0.39, 0.29) is 0 Å². The van der Waals surface area contributed by atoms with Crippen molar-refractivity contribution in [3.63, 3.8) is 0 Å². The van der Waals surface area contributed by atoms with Gasteiger partial charge in [0.2, 0.25) is 0 Å². The summed E-state index contributed by atoms with van der Waals surface area (Å²) in [5.74, 6) is 1.08. The summed E-state index contributed by atoms with van der Waals surface area (Å²) in [7, 11) is 0. The molecule has 4 nitrogen and oxygen atoms in total. The van der Waals surface area contributed by atoms with Crippen molar-refractivity contribution < 1.29 is 0 Å². The molecule has 2 rings (SSSR count). The zero-order chi connectivity index (χ0) is 12.1. The minimum Gasteiger partial charge on any atom is -0.334 e. The average Bonchev–Trinajstić information content (AvgIpc) is 2.84. The van der Waals surface area contributed by atoms with Crippen LogP contribution in [-0.4, -0.2) is 14.5 Å². The summed E-state index contributed by atoms with van der Waals surface area (Å²) in [6, 6.07) is 4.37. The maximum Gasteiger partial charge on any atom is 0.122 e. The molecule has 1 atom stereocenters. The van der Waals surface area contributed by atoms with Crippen LogP contribution in [0, 0.1) is 0 Å². The molecule has 0 aliphatic carbocycles. The number of imidazole rings is 1. The summed E-state index contributed by atoms with van der Waals surface area (Å²) in [6.45, 7) is 6.01. The van der Waals surface area contributed by atoms with Crippen LogP contribution < -0.4 is 5.32 Å². The summed E-state index contributed by atoms with van der Waals surface area (Å²) in [5.41, 5.74) is 1.25. The number of aryl methyl sites for hydroxylation is 1. The highest BCUT2D eigenvalue weighted by atomic mass is 15.1. The molecule has 0 aromatic carbocycles. The maximum atomic E-state index is 4.34. The number of nitrogens with zero attached hydrogens (tertiary/aromatic N) is 3. The fourth-order valence-corrected chi connectivity index (χ4v) is 1.81. The Morgan fingerprint density at radius 2 is 2.06 bits per heavy atom. The van der Waals surface area contributed by atoms with Crippen LogP contribution in [0.3, 0.4) is 0 Å². The minimum atomic E-state index is 0.306. The highest BCUT2D eigenvalue weighted by Crippen LogP contribution is 2.10. The number of hydrogen-bond donors (Lipinski definition) is 1. The van der Waals surface area contributed by atoms with Crippen LogP contribution in [0.1, 0.15) is 31.3 Å². The van der Waals surface area contributed by atoms with Crippen molar-refractivity contribution in [3.8, 4) is 0 Å². The number of nitrogens with one attached hydrogen (secondary N) is 1. The first kappa shape index (κ1) is 11.8. The molecule has 0 radical (unpaired) electrons. The normalized spacial score (nSPS) is 12.6. The molecular formula is C13H18N4. The molecular weight excluding hydrogens is 212 g/mol. The Bertz CT molecular complexity index is 449. The van der Waals surface area contributed by atoms with Crippen LogP contribution in [0.25, 0.3) is 0 Å². The van der Waals surface area contributed by atoms with Gasteiger partial charge in [-0.3, -0.25) is 4.98 Å². The second-order valence-corrected chi connectivity index (χ2v) is 4.01. The zero-order valence-corrected chi connectivity index (χ0v) is 10.3. The van der Waals surface area contributed by atoms with Gasteiger partial charge in [-0.2, -0.15) is 0 Å². The Balaban J connectivity index is 1.95. The van der Waals surface area contributed by atoms with Crippen LogP contribution in [0.2, 0.25) is 0 Å². The average molecular weight is 230 g/mol. The molecule has 2 heterocycles. The summed E-state index contributed by atoms with van der Waals surface area (Å²) in [6.07, 6.45) is 7.49. The molecule has 0 unspecified atom stereocenters. The van der Waals surface area contributed by atoms with Crippen molar-refractivity contribution in [2.75, 3.05) is 0 Å². The summed E-state index contributed by atoms with van der Waals surface area (Å²) in [5, 5.41) is 3.46. The van der Waals surface area contributed by atoms with Crippen molar-refractivity contribution >= 4 is 0 Å². The highest BCUT2D eigenvalue weighted by molar-refractivity contribution is 5.14. The molecule has 4 heteroatoms. The summed E-state index contributed by atoms with van der Waals surface area (Å²) in [4.78, 5) is 8.36. The van der Waals surface area contributed by atoms with E-state index >= 15 is 0 Å². The van der Waals surface area contributed by atoms with Gasteiger partial charge in [0.25, 0.3) is 0 Å². The zero-order valence-electron chi connectivity index (χ0n) is 10.3. The fourth-order valence-electron chi connectivity index (χ4n) is 1.81. The number of rotatable bonds is 5. The number of aromatic nitrogens is 3. The third-order valence-electron chi connectivity index (χ3n) is 2.91. The standard InChI is InChI=1S/C13H18N4/c1-3-17-9-8-15-13(17)10-16-11(2)12-4-6-14-7-5-12/h4-9,11,16H,3,10H2,1-2H3/t11-/m1/s1. The monoisotopic (exact) mass is 230 g/mol. The van der Waals surface area contributed by atoms with Crippen LogP contribution in [0.5, 0.6) is 0 Å². The number of pyridine rings is 1. The molecule has 0 spiro atoms. The van der Waals surface area contributed by atoms with Crippen LogP contribution in [0.15, 0.2) is 36.9 Å². The first-order valence-corrected chi connectivity index (χ1v) is 5.94. The van der Waals surface area contributed by atoms with E-state index in [0.29, 0.717) is 6.04 Å². The Kier molecular flexibility index (Phi) is 3.88. The predicted molar refractivity (Wildman–Crippen MR) is 67.4 cm³/mol. The van der Waals surface area contributed by atoms with Crippen molar-refractivity contribution in [2.24, 2.45) is 0 Å². The van der Waals surface area contributed by atoms with E-state index in [1.165, 1.54) is 5.56 Å². The largest absolute Gasteiger partial charge is 0.334 e. The smallest absolute Gasteiger partial charge is 0.122 e. The van der Waals surface area contributed by atoms with Gasteiger partial charge in [0, 0.05) is 37.4 Å². The van der Waals surface area contributed by atoms with Crippen molar-refractivity contribution in [1.29, 1.82) is 0 Å². The van der Waals surface area contributed by atoms with Gasteiger partial charge in [-0.1, -0.05) is 0 Å². The van der Waals surface area contributed by atoms with Gasteiger partial charge in [0.1, 0.15) is 5.82 Å². The molecule has 0 saturated heterocycles. The Labute approximate surface area is 102 Å². The fraction of sp³-hybridized carbons (Fsp3) is 0.385. The highest BCUT2D eigenvalue weighted by Gasteiger charge is 2.06. The van der Waals surface area contributed by atoms with Gasteiger partial charge in [-0.05, 0) is 31.5 Å². The van der Waals surface area contributed by atoms with Gasteiger partial charge in [-0.15, -0.1) is 0 Å². The summed E-state index contributed by atoms with van der Waals surface area (Å²) < 4.78 is 2.15. The van der Waals surface area contributed by atoms with Crippen molar-refractivity contribution in [3.05, 3.63) is 48.3 Å². The lowest BCUT2D eigenvalue weighted by Crippen LogP contribution is -2.20. The minimum absolute atomic E-state index is 0.306. The van der Waals surface area contributed by atoms with E-state index in [1.807, 2.05) is 36.9 Å². The van der Waals surface area contributed by atoms with Gasteiger partial charge in [-0.25, -0.2) is 4.98 Å². The van der Waals surface area contributed by atoms with Gasteiger partial charge < -0.3 is 9.88 Å². The van der Waals surface area contributed by atoms with Crippen LogP contribution in [-0.2, 0) is 13.1 Å². The Morgan fingerprint density at radius 3 is 2.76 bits per heavy atom. The maximum absolute atomic E-state index is 4.34. The lowest BCUT2D eigenvalue weighted by Gasteiger charge is -2.14. The molecule has 0 saturated carbocycles. The van der Waals surface area contributed by atoms with E-state index < -0.39 is 0 Å². The summed E-state index contributed by atoms with van der Waals surface area (Å²) >= 11 is 0. The first-order chi connectivity index (χ1) is 8.31. The Morgan fingerprint density at radius 1 is 1.29 bits per heavy atom. The van der Waals surface area contributed by atoms with E-state index in [0.717, 1.165) is 18.9 Å². The molecule has 0 amide bonds. The molecule has 0 aliphatic rings. The third kappa shape index (κ3) is 2.91. The Hall–Kier alpha value is -1.68. The molecule has 0 bridgehead atoms. The molecule has 17 heavy (non-hydrogen) atoms. The lowest BCUT2D eigenvalue weighted by atomic mass is 10.1. The van der Waals surface area contributed by atoms with Crippen molar-refractivity contribution in [2.45, 2.75) is 33.0 Å². The van der Waals surface area contributed by atoms with E-state index in [1.54, 1.807) is 0 Å².